The second-order valence-electron chi connectivity index (χ2n) is 10.9. The Labute approximate surface area is 211 Å². The standard InChI is InChI=1S/C30H33FN4O/c1-30(2,36)23-9-10-25(27(31)17-23)28-26-16-22(18-32-29(26)34-33-28)20-8-7-19-11-13-35(14-12-21(19)15-20)24-5-3-4-6-24/h7-10,15-18,24,36H,3-6,11-14H2,1-2H3,(H,32,33,34). The van der Waals surface area contributed by atoms with Crippen LogP contribution in [0, 0.1) is 5.82 Å². The number of aliphatic hydroxyl groups is 1. The van der Waals surface area contributed by atoms with Crippen molar-refractivity contribution in [2.24, 2.45) is 0 Å². The van der Waals surface area contributed by atoms with Gasteiger partial charge in [0.1, 0.15) is 5.82 Å². The van der Waals surface area contributed by atoms with Crippen LogP contribution in [0.3, 0.4) is 0 Å². The average Bonchev–Trinajstić information content (AvgIpc) is 3.49. The molecule has 5 nitrogen and oxygen atoms in total. The number of nitrogens with zero attached hydrogens (tertiary/aromatic N) is 3. The zero-order valence-electron chi connectivity index (χ0n) is 21.0. The van der Waals surface area contributed by atoms with E-state index in [-0.39, 0.29) is 0 Å². The molecule has 6 rings (SSSR count). The number of aromatic amines is 1. The Morgan fingerprint density at radius 1 is 0.972 bits per heavy atom. The van der Waals surface area contributed by atoms with E-state index in [4.69, 9.17) is 0 Å². The summed E-state index contributed by atoms with van der Waals surface area (Å²) in [6, 6.07) is 14.4. The lowest BCUT2D eigenvalue weighted by molar-refractivity contribution is 0.0782. The van der Waals surface area contributed by atoms with Crippen molar-refractivity contribution in [3.05, 3.63) is 71.2 Å². The number of hydrogen-bond donors (Lipinski definition) is 2. The number of benzene rings is 2. The maximum atomic E-state index is 15.1. The van der Waals surface area contributed by atoms with Crippen LogP contribution in [0.4, 0.5) is 4.39 Å². The third-order valence-corrected chi connectivity index (χ3v) is 8.07. The molecule has 0 spiro atoms. The van der Waals surface area contributed by atoms with Gasteiger partial charge in [0.25, 0.3) is 0 Å². The molecule has 2 aromatic carbocycles. The molecule has 6 heteroatoms. The number of nitrogens with one attached hydrogen (secondary N) is 1. The molecule has 0 unspecified atom stereocenters. The summed E-state index contributed by atoms with van der Waals surface area (Å²) in [6.45, 7) is 5.58. The van der Waals surface area contributed by atoms with E-state index in [0.717, 1.165) is 48.5 Å². The lowest BCUT2D eigenvalue weighted by Gasteiger charge is -2.26. The van der Waals surface area contributed by atoms with E-state index in [0.29, 0.717) is 22.5 Å². The van der Waals surface area contributed by atoms with E-state index in [9.17, 15) is 5.11 Å². The Morgan fingerprint density at radius 2 is 1.75 bits per heavy atom. The molecular weight excluding hydrogens is 451 g/mol. The second-order valence-corrected chi connectivity index (χ2v) is 10.9. The van der Waals surface area contributed by atoms with Crippen molar-refractivity contribution in [2.75, 3.05) is 13.1 Å². The minimum Gasteiger partial charge on any atom is -0.386 e. The van der Waals surface area contributed by atoms with Gasteiger partial charge in [-0.05, 0) is 80.0 Å². The van der Waals surface area contributed by atoms with Gasteiger partial charge in [0.15, 0.2) is 5.65 Å². The molecule has 4 aromatic rings. The van der Waals surface area contributed by atoms with Gasteiger partial charge in [0, 0.05) is 41.8 Å². The molecule has 36 heavy (non-hydrogen) atoms. The lowest BCUT2D eigenvalue weighted by Crippen LogP contribution is -2.35. The maximum absolute atomic E-state index is 15.1. The third kappa shape index (κ3) is 4.33. The highest BCUT2D eigenvalue weighted by Crippen LogP contribution is 2.34. The van der Waals surface area contributed by atoms with Crippen LogP contribution in [0.2, 0.25) is 0 Å². The van der Waals surface area contributed by atoms with Gasteiger partial charge >= 0.3 is 0 Å². The van der Waals surface area contributed by atoms with Crippen LogP contribution < -0.4 is 0 Å². The van der Waals surface area contributed by atoms with E-state index in [1.165, 1.54) is 42.9 Å². The SMILES string of the molecule is CC(C)(O)c1ccc(-c2[nH]nc3ncc(-c4ccc5c(c4)CCN(C4CCCC4)CC5)cc23)c(F)c1. The topological polar surface area (TPSA) is 65.0 Å². The van der Waals surface area contributed by atoms with Gasteiger partial charge in [0.2, 0.25) is 0 Å². The molecule has 3 heterocycles. The van der Waals surface area contributed by atoms with Crippen molar-refractivity contribution in [3.8, 4) is 22.4 Å². The molecule has 186 valence electrons. The number of hydrogen-bond acceptors (Lipinski definition) is 4. The van der Waals surface area contributed by atoms with Crippen molar-refractivity contribution < 1.29 is 9.50 Å². The van der Waals surface area contributed by atoms with Gasteiger partial charge < -0.3 is 5.11 Å². The molecular formula is C30H33FN4O. The van der Waals surface area contributed by atoms with Gasteiger partial charge in [-0.2, -0.15) is 5.10 Å². The predicted molar refractivity (Wildman–Crippen MR) is 141 cm³/mol. The normalized spacial score (nSPS) is 17.4. The minimum atomic E-state index is -1.11. The molecule has 1 aliphatic carbocycles. The lowest BCUT2D eigenvalue weighted by atomic mass is 9.95. The van der Waals surface area contributed by atoms with Crippen LogP contribution in [0.15, 0.2) is 48.7 Å². The summed E-state index contributed by atoms with van der Waals surface area (Å²) in [6.07, 6.45) is 9.47. The molecule has 0 amide bonds. The Kier molecular flexibility index (Phi) is 5.89. The van der Waals surface area contributed by atoms with Gasteiger partial charge in [-0.3, -0.25) is 10.00 Å². The molecule has 0 atom stereocenters. The molecule has 2 aromatic heterocycles. The van der Waals surface area contributed by atoms with E-state index in [1.54, 1.807) is 26.0 Å². The molecule has 0 bridgehead atoms. The number of pyridine rings is 1. The van der Waals surface area contributed by atoms with Crippen LogP contribution in [-0.2, 0) is 18.4 Å². The summed E-state index contributed by atoms with van der Waals surface area (Å²) < 4.78 is 15.1. The largest absolute Gasteiger partial charge is 0.386 e. The Hall–Kier alpha value is -3.09. The first-order chi connectivity index (χ1) is 17.4. The fourth-order valence-electron chi connectivity index (χ4n) is 5.92. The molecule has 1 fully saturated rings. The summed E-state index contributed by atoms with van der Waals surface area (Å²) in [7, 11) is 0. The highest BCUT2D eigenvalue weighted by Gasteiger charge is 2.25. The monoisotopic (exact) mass is 484 g/mol. The smallest absolute Gasteiger partial charge is 0.181 e. The quantitative estimate of drug-likeness (QED) is 0.373. The highest BCUT2D eigenvalue weighted by molar-refractivity contribution is 5.93. The minimum absolute atomic E-state index is 0.401. The Bertz CT molecular complexity index is 1410. The Balaban J connectivity index is 1.32. The van der Waals surface area contributed by atoms with Crippen LogP contribution >= 0.6 is 0 Å². The summed E-state index contributed by atoms with van der Waals surface area (Å²) in [5.41, 5.74) is 5.99. The molecule has 0 saturated heterocycles. The first kappa shape index (κ1) is 23.3. The van der Waals surface area contributed by atoms with Crippen LogP contribution in [0.25, 0.3) is 33.4 Å². The summed E-state index contributed by atoms with van der Waals surface area (Å²) >= 11 is 0. The third-order valence-electron chi connectivity index (χ3n) is 8.07. The molecule has 0 radical (unpaired) electrons. The van der Waals surface area contributed by atoms with Crippen LogP contribution in [0.1, 0.15) is 56.2 Å². The first-order valence-corrected chi connectivity index (χ1v) is 13.1. The fourth-order valence-corrected chi connectivity index (χ4v) is 5.92. The molecule has 2 aliphatic rings. The van der Waals surface area contributed by atoms with Gasteiger partial charge in [-0.25, -0.2) is 9.37 Å². The number of aromatic nitrogens is 3. The van der Waals surface area contributed by atoms with E-state index in [2.05, 4.69) is 38.3 Å². The molecule has 2 N–H and O–H groups in total. The molecule has 1 saturated carbocycles. The maximum Gasteiger partial charge on any atom is 0.181 e. The second kappa shape index (κ2) is 9.09. The summed E-state index contributed by atoms with van der Waals surface area (Å²) in [4.78, 5) is 7.28. The van der Waals surface area contributed by atoms with Gasteiger partial charge in [0.05, 0.1) is 11.3 Å². The predicted octanol–water partition coefficient (Wildman–Crippen LogP) is 6.00. The Morgan fingerprint density at radius 3 is 2.50 bits per heavy atom. The van der Waals surface area contributed by atoms with E-state index < -0.39 is 11.4 Å². The van der Waals surface area contributed by atoms with E-state index in [1.807, 2.05) is 12.3 Å². The first-order valence-electron chi connectivity index (χ1n) is 13.1. The van der Waals surface area contributed by atoms with Crippen molar-refractivity contribution in [2.45, 2.75) is 64.0 Å². The van der Waals surface area contributed by atoms with Crippen LogP contribution in [0.5, 0.6) is 0 Å². The summed E-state index contributed by atoms with van der Waals surface area (Å²) in [5, 5.41) is 18.3. The number of H-pyrrole nitrogens is 1. The number of halogens is 1. The number of fused-ring (bicyclic) bond motifs is 2. The fraction of sp³-hybridized carbons (Fsp3) is 0.400. The van der Waals surface area contributed by atoms with Crippen molar-refractivity contribution in [1.29, 1.82) is 0 Å². The zero-order valence-corrected chi connectivity index (χ0v) is 21.0. The van der Waals surface area contributed by atoms with Crippen molar-refractivity contribution in [3.63, 3.8) is 0 Å². The van der Waals surface area contributed by atoms with E-state index >= 15 is 4.39 Å². The number of rotatable bonds is 4. The highest BCUT2D eigenvalue weighted by atomic mass is 19.1. The van der Waals surface area contributed by atoms with Crippen LogP contribution in [-0.4, -0.2) is 44.3 Å². The average molecular weight is 485 g/mol. The van der Waals surface area contributed by atoms with Gasteiger partial charge in [-0.15, -0.1) is 0 Å². The van der Waals surface area contributed by atoms with Gasteiger partial charge in [-0.1, -0.05) is 37.1 Å². The zero-order chi connectivity index (χ0) is 24.9. The summed E-state index contributed by atoms with van der Waals surface area (Å²) in [5.74, 6) is -0.401. The van der Waals surface area contributed by atoms with Crippen molar-refractivity contribution in [1.82, 2.24) is 20.1 Å². The molecule has 1 aliphatic heterocycles. The van der Waals surface area contributed by atoms with Crippen molar-refractivity contribution >= 4 is 11.0 Å².